The summed E-state index contributed by atoms with van der Waals surface area (Å²) < 4.78 is 19.7. The highest BCUT2D eigenvalue weighted by Crippen LogP contribution is 2.21. The van der Waals surface area contributed by atoms with E-state index in [9.17, 15) is 13.8 Å². The van der Waals surface area contributed by atoms with Crippen molar-refractivity contribution in [2.45, 2.75) is 12.2 Å². The molecule has 0 aliphatic heterocycles. The summed E-state index contributed by atoms with van der Waals surface area (Å²) in [5.74, 6) is -1.63. The number of rotatable bonds is 4. The molecule has 0 aliphatic rings. The standard InChI is InChI=1S/C10H11NO5S/c1-6(12)11-8-4-2-7(3-5-8)9(10(13)14)17(15)16/h2-5,9H,1H3,(H,11,12)(H,13,14)(H,15,16). The van der Waals surface area contributed by atoms with Crippen LogP contribution in [0.3, 0.4) is 0 Å². The van der Waals surface area contributed by atoms with Gasteiger partial charge in [-0.05, 0) is 17.7 Å². The molecule has 1 aromatic carbocycles. The molecule has 6 nitrogen and oxygen atoms in total. The van der Waals surface area contributed by atoms with Gasteiger partial charge in [-0.25, -0.2) is 4.21 Å². The van der Waals surface area contributed by atoms with Gasteiger partial charge in [0.1, 0.15) is 0 Å². The number of anilines is 1. The van der Waals surface area contributed by atoms with Crippen molar-refractivity contribution < 1.29 is 23.5 Å². The van der Waals surface area contributed by atoms with E-state index < -0.39 is 22.3 Å². The van der Waals surface area contributed by atoms with Crippen LogP contribution in [0.2, 0.25) is 0 Å². The summed E-state index contributed by atoms with van der Waals surface area (Å²) in [7, 11) is 0. The molecule has 1 rings (SSSR count). The van der Waals surface area contributed by atoms with Crippen LogP contribution in [0.4, 0.5) is 5.69 Å². The number of carbonyl (C=O) groups is 2. The number of benzene rings is 1. The zero-order chi connectivity index (χ0) is 13.0. The molecule has 17 heavy (non-hydrogen) atoms. The number of hydrogen-bond donors (Lipinski definition) is 3. The van der Waals surface area contributed by atoms with Crippen LogP contribution in [0.25, 0.3) is 0 Å². The van der Waals surface area contributed by atoms with Crippen LogP contribution in [0.5, 0.6) is 0 Å². The van der Waals surface area contributed by atoms with Gasteiger partial charge in [-0.1, -0.05) is 12.1 Å². The van der Waals surface area contributed by atoms with Crippen LogP contribution in [-0.2, 0) is 20.7 Å². The Morgan fingerprint density at radius 2 is 1.82 bits per heavy atom. The van der Waals surface area contributed by atoms with Crippen molar-refractivity contribution in [1.29, 1.82) is 0 Å². The highest BCUT2D eigenvalue weighted by molar-refractivity contribution is 7.80. The molecule has 0 heterocycles. The minimum atomic E-state index is -2.49. The number of carbonyl (C=O) groups excluding carboxylic acids is 1. The van der Waals surface area contributed by atoms with E-state index in [1.807, 2.05) is 0 Å². The van der Waals surface area contributed by atoms with Crippen LogP contribution in [-0.4, -0.2) is 25.7 Å². The molecule has 3 N–H and O–H groups in total. The number of hydrogen-bond acceptors (Lipinski definition) is 3. The largest absolute Gasteiger partial charge is 0.480 e. The Bertz CT molecular complexity index is 442. The predicted octanol–water partition coefficient (Wildman–Crippen LogP) is 0.992. The maximum absolute atomic E-state index is 10.9. The normalized spacial score (nSPS) is 13.8. The van der Waals surface area contributed by atoms with Crippen LogP contribution in [0.15, 0.2) is 24.3 Å². The zero-order valence-corrected chi connectivity index (χ0v) is 9.73. The summed E-state index contributed by atoms with van der Waals surface area (Å²) >= 11 is -2.49. The van der Waals surface area contributed by atoms with Gasteiger partial charge < -0.3 is 15.0 Å². The minimum absolute atomic E-state index is 0.201. The Hall–Kier alpha value is -1.73. The SMILES string of the molecule is CC(=O)Nc1ccc(C(C(=O)O)S(=O)O)cc1. The molecule has 0 radical (unpaired) electrons. The molecule has 0 spiro atoms. The first-order chi connectivity index (χ1) is 7.91. The second-order valence-corrected chi connectivity index (χ2v) is 4.32. The van der Waals surface area contributed by atoms with Crippen molar-refractivity contribution in [3.8, 4) is 0 Å². The summed E-state index contributed by atoms with van der Waals surface area (Å²) in [5.41, 5.74) is 0.696. The lowest BCUT2D eigenvalue weighted by atomic mass is 10.1. The number of aliphatic carboxylic acids is 1. The van der Waals surface area contributed by atoms with Crippen molar-refractivity contribution in [2.75, 3.05) is 5.32 Å². The van der Waals surface area contributed by atoms with Crippen LogP contribution in [0.1, 0.15) is 17.7 Å². The van der Waals surface area contributed by atoms with E-state index in [4.69, 9.17) is 9.66 Å². The quantitative estimate of drug-likeness (QED) is 0.698. The summed E-state index contributed by atoms with van der Waals surface area (Å²) in [5, 5.41) is 9.81. The van der Waals surface area contributed by atoms with Gasteiger partial charge >= 0.3 is 5.97 Å². The molecular weight excluding hydrogens is 246 g/mol. The zero-order valence-electron chi connectivity index (χ0n) is 8.91. The van der Waals surface area contributed by atoms with Crippen molar-refractivity contribution in [2.24, 2.45) is 0 Å². The molecule has 0 bridgehead atoms. The van der Waals surface area contributed by atoms with Gasteiger partial charge in [0, 0.05) is 12.6 Å². The van der Waals surface area contributed by atoms with Gasteiger partial charge in [-0.2, -0.15) is 0 Å². The van der Waals surface area contributed by atoms with E-state index in [2.05, 4.69) is 5.32 Å². The topological polar surface area (TPSA) is 104 Å². The van der Waals surface area contributed by atoms with Crippen molar-refractivity contribution in [1.82, 2.24) is 0 Å². The third kappa shape index (κ3) is 3.65. The summed E-state index contributed by atoms with van der Waals surface area (Å²) in [4.78, 5) is 21.5. The summed E-state index contributed by atoms with van der Waals surface area (Å²) in [6.07, 6.45) is 0. The number of nitrogens with one attached hydrogen (secondary N) is 1. The molecule has 1 amide bonds. The van der Waals surface area contributed by atoms with Crippen LogP contribution < -0.4 is 5.32 Å². The fourth-order valence-electron chi connectivity index (χ4n) is 1.29. The maximum Gasteiger partial charge on any atom is 0.326 e. The van der Waals surface area contributed by atoms with Gasteiger partial charge in [0.2, 0.25) is 5.91 Å². The molecule has 0 fully saturated rings. The second kappa shape index (κ2) is 5.55. The van der Waals surface area contributed by atoms with Gasteiger partial charge in [0.15, 0.2) is 16.3 Å². The van der Waals surface area contributed by atoms with E-state index in [1.54, 1.807) is 0 Å². The van der Waals surface area contributed by atoms with E-state index in [0.29, 0.717) is 5.69 Å². The van der Waals surface area contributed by atoms with E-state index in [-0.39, 0.29) is 11.5 Å². The highest BCUT2D eigenvalue weighted by atomic mass is 32.2. The lowest BCUT2D eigenvalue weighted by molar-refractivity contribution is -0.136. The van der Waals surface area contributed by atoms with Crippen molar-refractivity contribution >= 4 is 28.6 Å². The Morgan fingerprint density at radius 1 is 1.29 bits per heavy atom. The van der Waals surface area contributed by atoms with E-state index >= 15 is 0 Å². The van der Waals surface area contributed by atoms with Gasteiger partial charge in [-0.15, -0.1) is 0 Å². The summed E-state index contributed by atoms with van der Waals surface area (Å²) in [6.45, 7) is 1.34. The molecule has 2 atom stereocenters. The lowest BCUT2D eigenvalue weighted by Crippen LogP contribution is -2.16. The van der Waals surface area contributed by atoms with Crippen LogP contribution in [0, 0.1) is 0 Å². The fraction of sp³-hybridized carbons (Fsp3) is 0.200. The average molecular weight is 257 g/mol. The fourth-order valence-corrected chi connectivity index (χ4v) is 1.85. The second-order valence-electron chi connectivity index (χ2n) is 3.30. The smallest absolute Gasteiger partial charge is 0.326 e. The Balaban J connectivity index is 2.96. The van der Waals surface area contributed by atoms with E-state index in [0.717, 1.165) is 0 Å². The molecular formula is C10H11NO5S. The number of carboxylic acids is 1. The third-order valence-corrected chi connectivity index (χ3v) is 2.84. The average Bonchev–Trinajstić information content (AvgIpc) is 2.18. The molecule has 0 saturated carbocycles. The van der Waals surface area contributed by atoms with Crippen molar-refractivity contribution in [3.63, 3.8) is 0 Å². The Kier molecular flexibility index (Phi) is 4.36. The number of amides is 1. The molecule has 2 unspecified atom stereocenters. The summed E-state index contributed by atoms with van der Waals surface area (Å²) in [6, 6.07) is 5.72. The molecule has 7 heteroatoms. The van der Waals surface area contributed by atoms with Gasteiger partial charge in [0.25, 0.3) is 0 Å². The number of carboxylic acid groups (broad SMARTS) is 1. The third-order valence-electron chi connectivity index (χ3n) is 1.96. The van der Waals surface area contributed by atoms with E-state index in [1.165, 1.54) is 31.2 Å². The first kappa shape index (κ1) is 13.3. The predicted molar refractivity (Wildman–Crippen MR) is 61.9 cm³/mol. The van der Waals surface area contributed by atoms with Crippen molar-refractivity contribution in [3.05, 3.63) is 29.8 Å². The van der Waals surface area contributed by atoms with Crippen LogP contribution >= 0.6 is 0 Å². The molecule has 0 aromatic heterocycles. The molecule has 1 aromatic rings. The Morgan fingerprint density at radius 3 is 2.18 bits per heavy atom. The molecule has 92 valence electrons. The molecule has 0 saturated heterocycles. The maximum atomic E-state index is 10.9. The van der Waals surface area contributed by atoms with Gasteiger partial charge in [0.05, 0.1) is 0 Å². The minimum Gasteiger partial charge on any atom is -0.480 e. The molecule has 0 aliphatic carbocycles. The Labute approximate surface area is 99.9 Å². The highest BCUT2D eigenvalue weighted by Gasteiger charge is 2.25. The first-order valence-electron chi connectivity index (χ1n) is 4.62. The van der Waals surface area contributed by atoms with Gasteiger partial charge in [-0.3, -0.25) is 9.59 Å². The monoisotopic (exact) mass is 257 g/mol. The lowest BCUT2D eigenvalue weighted by Gasteiger charge is -2.09. The first-order valence-corrected chi connectivity index (χ1v) is 5.79.